The van der Waals surface area contributed by atoms with Crippen LogP contribution in [0.2, 0.25) is 10.2 Å². The van der Waals surface area contributed by atoms with E-state index in [1.54, 1.807) is 0 Å². The molecule has 128 valence electrons. The molecule has 0 bridgehead atoms. The molecule has 0 amide bonds. The topological polar surface area (TPSA) is 51.5 Å². The van der Waals surface area contributed by atoms with Gasteiger partial charge in [0.1, 0.15) is 10.9 Å². The molecule has 0 aliphatic carbocycles. The van der Waals surface area contributed by atoms with Crippen LogP contribution < -0.4 is 0 Å². The number of methoxy groups -OCH3 is 1. The number of halogens is 2. The molecule has 1 aromatic heterocycles. The molecule has 6 heteroatoms. The average molecular weight is 376 g/mol. The van der Waals surface area contributed by atoms with Crippen LogP contribution in [0.1, 0.15) is 0 Å². The summed E-state index contributed by atoms with van der Waals surface area (Å²) >= 11 is 12.7. The van der Waals surface area contributed by atoms with Crippen LogP contribution >= 0.6 is 23.2 Å². The molecule has 0 atom stereocenters. The van der Waals surface area contributed by atoms with Crippen molar-refractivity contribution in [3.8, 4) is 11.1 Å². The predicted octanol–water partition coefficient (Wildman–Crippen LogP) is 4.62. The van der Waals surface area contributed by atoms with Crippen LogP contribution in [-0.4, -0.2) is 29.4 Å². The fourth-order valence-corrected chi connectivity index (χ4v) is 3.25. The number of aliphatic hydroxyl groups is 1. The molecule has 1 heterocycles. The van der Waals surface area contributed by atoms with E-state index in [2.05, 4.69) is 0 Å². The molecule has 0 aliphatic rings. The van der Waals surface area contributed by atoms with E-state index < -0.39 is 5.97 Å². The summed E-state index contributed by atoms with van der Waals surface area (Å²) in [6, 6.07) is 15.5. The third kappa shape index (κ3) is 3.16. The monoisotopic (exact) mass is 375 g/mol. The Morgan fingerprint density at radius 3 is 2.52 bits per heavy atom. The first-order chi connectivity index (χ1) is 12.1. The summed E-state index contributed by atoms with van der Waals surface area (Å²) in [4.78, 5) is 12.1. The van der Waals surface area contributed by atoms with Crippen molar-refractivity contribution in [3.05, 3.63) is 64.8 Å². The van der Waals surface area contributed by atoms with E-state index in [1.165, 1.54) is 17.8 Å². The third-order valence-corrected chi connectivity index (χ3v) is 4.72. The number of esters is 1. The van der Waals surface area contributed by atoms with Crippen LogP contribution in [0.25, 0.3) is 27.7 Å². The molecule has 2 aromatic carbocycles. The molecule has 0 spiro atoms. The van der Waals surface area contributed by atoms with E-state index in [1.807, 2.05) is 48.5 Å². The van der Waals surface area contributed by atoms with Crippen molar-refractivity contribution in [3.63, 3.8) is 0 Å². The maximum atomic E-state index is 12.1. The first kappa shape index (κ1) is 17.5. The van der Waals surface area contributed by atoms with Gasteiger partial charge in [0.2, 0.25) is 0 Å². The van der Waals surface area contributed by atoms with Gasteiger partial charge in [-0.1, -0.05) is 65.7 Å². The van der Waals surface area contributed by atoms with Gasteiger partial charge in [-0.15, -0.1) is 0 Å². The molecule has 4 nitrogen and oxygen atoms in total. The highest BCUT2D eigenvalue weighted by Gasteiger charge is 2.22. The standard InChI is InChI=1S/C19H15Cl2NO3/c1-25-19(24)15(9-10-23)22-16-11-13(12-5-3-2-4-6-12)7-8-14(16)17(20)18(22)21/h2-9,11,23H,10H2,1H3/b15-9-. The van der Waals surface area contributed by atoms with E-state index in [0.717, 1.165) is 11.1 Å². The van der Waals surface area contributed by atoms with Gasteiger partial charge in [-0.3, -0.25) is 4.57 Å². The largest absolute Gasteiger partial charge is 0.464 e. The fourth-order valence-electron chi connectivity index (χ4n) is 2.72. The van der Waals surface area contributed by atoms with Gasteiger partial charge >= 0.3 is 5.97 Å². The number of benzene rings is 2. The Balaban J connectivity index is 2.29. The number of nitrogens with zero attached hydrogens (tertiary/aromatic N) is 1. The SMILES string of the molecule is COC(=O)/C(=C/CO)n1c(Cl)c(Cl)c2ccc(-c3ccccc3)cc21. The molecule has 0 saturated carbocycles. The van der Waals surface area contributed by atoms with E-state index in [9.17, 15) is 9.90 Å². The lowest BCUT2D eigenvalue weighted by Gasteiger charge is -2.11. The van der Waals surface area contributed by atoms with Gasteiger partial charge < -0.3 is 9.84 Å². The fraction of sp³-hybridized carbons (Fsp3) is 0.105. The quantitative estimate of drug-likeness (QED) is 0.534. The highest BCUT2D eigenvalue weighted by molar-refractivity contribution is 6.46. The Hall–Kier alpha value is -2.27. The molecule has 0 fully saturated rings. The molecule has 0 radical (unpaired) electrons. The van der Waals surface area contributed by atoms with Gasteiger partial charge in [0.15, 0.2) is 0 Å². The maximum absolute atomic E-state index is 12.1. The first-order valence-corrected chi connectivity index (χ1v) is 8.28. The van der Waals surface area contributed by atoms with E-state index in [4.69, 9.17) is 27.9 Å². The molecule has 0 unspecified atom stereocenters. The second kappa shape index (κ2) is 7.31. The van der Waals surface area contributed by atoms with Crippen molar-refractivity contribution in [2.45, 2.75) is 0 Å². The predicted molar refractivity (Wildman–Crippen MR) is 101 cm³/mol. The van der Waals surface area contributed by atoms with E-state index in [-0.39, 0.29) is 17.5 Å². The normalized spacial score (nSPS) is 11.8. The van der Waals surface area contributed by atoms with Gasteiger partial charge in [0, 0.05) is 5.39 Å². The number of aliphatic hydroxyl groups excluding tert-OH is 1. The number of carbonyl (C=O) groups excluding carboxylic acids is 1. The first-order valence-electron chi connectivity index (χ1n) is 7.53. The van der Waals surface area contributed by atoms with E-state index >= 15 is 0 Å². The Morgan fingerprint density at radius 1 is 1.16 bits per heavy atom. The molecular weight excluding hydrogens is 361 g/mol. The summed E-state index contributed by atoms with van der Waals surface area (Å²) < 4.78 is 6.30. The molecule has 0 saturated heterocycles. The molecular formula is C19H15Cl2NO3. The van der Waals surface area contributed by atoms with Gasteiger partial charge in [0.05, 0.1) is 24.3 Å². The smallest absolute Gasteiger partial charge is 0.354 e. The minimum absolute atomic E-state index is 0.108. The number of aromatic nitrogens is 1. The second-order valence-electron chi connectivity index (χ2n) is 5.30. The Morgan fingerprint density at radius 2 is 1.88 bits per heavy atom. The molecule has 3 rings (SSSR count). The number of hydrogen-bond acceptors (Lipinski definition) is 3. The average Bonchev–Trinajstić information content (AvgIpc) is 2.90. The summed E-state index contributed by atoms with van der Waals surface area (Å²) in [5.41, 5.74) is 2.74. The van der Waals surface area contributed by atoms with Crippen molar-refractivity contribution in [2.24, 2.45) is 0 Å². The van der Waals surface area contributed by atoms with Crippen LogP contribution in [0.15, 0.2) is 54.6 Å². The number of rotatable bonds is 4. The van der Waals surface area contributed by atoms with Crippen molar-refractivity contribution < 1.29 is 14.6 Å². The van der Waals surface area contributed by atoms with Crippen LogP contribution in [0.4, 0.5) is 0 Å². The van der Waals surface area contributed by atoms with Crippen molar-refractivity contribution >= 4 is 45.8 Å². The lowest BCUT2D eigenvalue weighted by molar-refractivity contribution is -0.134. The van der Waals surface area contributed by atoms with Crippen molar-refractivity contribution in [1.82, 2.24) is 4.57 Å². The van der Waals surface area contributed by atoms with Crippen LogP contribution in [0.5, 0.6) is 0 Å². The maximum Gasteiger partial charge on any atom is 0.354 e. The second-order valence-corrected chi connectivity index (χ2v) is 6.04. The van der Waals surface area contributed by atoms with Gasteiger partial charge in [0.25, 0.3) is 0 Å². The lowest BCUT2D eigenvalue weighted by atomic mass is 10.0. The Kier molecular flexibility index (Phi) is 5.13. The van der Waals surface area contributed by atoms with Gasteiger partial charge in [-0.05, 0) is 23.3 Å². The molecule has 3 aromatic rings. The van der Waals surface area contributed by atoms with Gasteiger partial charge in [-0.2, -0.15) is 0 Å². The Labute approximate surface area is 154 Å². The number of carbonyl (C=O) groups is 1. The zero-order valence-electron chi connectivity index (χ0n) is 13.4. The zero-order valence-corrected chi connectivity index (χ0v) is 14.9. The summed E-state index contributed by atoms with van der Waals surface area (Å²) in [6.07, 6.45) is 1.34. The van der Waals surface area contributed by atoms with Crippen LogP contribution in [0.3, 0.4) is 0 Å². The summed E-state index contributed by atoms with van der Waals surface area (Å²) in [5.74, 6) is -0.616. The molecule has 25 heavy (non-hydrogen) atoms. The molecule has 1 N–H and O–H groups in total. The summed E-state index contributed by atoms with van der Waals surface area (Å²) in [7, 11) is 1.27. The third-order valence-electron chi connectivity index (χ3n) is 3.88. The van der Waals surface area contributed by atoms with Crippen molar-refractivity contribution in [1.29, 1.82) is 0 Å². The summed E-state index contributed by atoms with van der Waals surface area (Å²) in [6.45, 7) is -0.337. The highest BCUT2D eigenvalue weighted by Crippen LogP contribution is 2.38. The van der Waals surface area contributed by atoms with Gasteiger partial charge in [-0.25, -0.2) is 4.79 Å². The minimum atomic E-state index is -0.616. The number of hydrogen-bond donors (Lipinski definition) is 1. The van der Waals surface area contributed by atoms with Crippen LogP contribution in [0, 0.1) is 0 Å². The number of ether oxygens (including phenoxy) is 1. The molecule has 0 aliphatic heterocycles. The Bertz CT molecular complexity index is 962. The highest BCUT2D eigenvalue weighted by atomic mass is 35.5. The number of fused-ring (bicyclic) bond motifs is 1. The van der Waals surface area contributed by atoms with Crippen LogP contribution in [-0.2, 0) is 9.53 Å². The zero-order chi connectivity index (χ0) is 18.0. The van der Waals surface area contributed by atoms with E-state index in [0.29, 0.717) is 15.9 Å². The summed E-state index contributed by atoms with van der Waals surface area (Å²) in [5, 5.41) is 10.5. The lowest BCUT2D eigenvalue weighted by Crippen LogP contribution is -2.11. The van der Waals surface area contributed by atoms with Crippen molar-refractivity contribution in [2.75, 3.05) is 13.7 Å². The minimum Gasteiger partial charge on any atom is -0.464 e.